The molecule has 1 aromatic heterocycles. The topological polar surface area (TPSA) is 112 Å². The monoisotopic (exact) mass is 485 g/mol. The molecule has 0 saturated heterocycles. The molecule has 0 aliphatic carbocycles. The Hall–Kier alpha value is -2.53. The average Bonchev–Trinajstić information content (AvgIpc) is 3.27. The Balaban J connectivity index is 1.92. The Bertz CT molecular complexity index is 1240. The Morgan fingerprint density at radius 3 is 2.16 bits per heavy atom. The van der Waals surface area contributed by atoms with Crippen molar-refractivity contribution in [3.05, 3.63) is 71.6 Å². The lowest BCUT2D eigenvalue weighted by molar-refractivity contribution is 0.354. The highest BCUT2D eigenvalue weighted by Gasteiger charge is 2.33. The summed E-state index contributed by atoms with van der Waals surface area (Å²) in [6.07, 6.45) is 1.32. The second kappa shape index (κ2) is 9.31. The lowest BCUT2D eigenvalue weighted by Gasteiger charge is -2.17. The Labute approximate surface area is 185 Å². The highest BCUT2D eigenvalue weighted by Crippen LogP contribution is 2.32. The van der Waals surface area contributed by atoms with Gasteiger partial charge in [-0.15, -0.1) is 0 Å². The van der Waals surface area contributed by atoms with Gasteiger partial charge in [0, 0.05) is 17.6 Å². The fourth-order valence-corrected chi connectivity index (χ4v) is 5.76. The second-order valence-electron chi connectivity index (χ2n) is 6.37. The third kappa shape index (κ3) is 5.04. The summed E-state index contributed by atoms with van der Waals surface area (Å²) < 4.78 is 70.0. The molecule has 1 unspecified atom stereocenters. The van der Waals surface area contributed by atoms with Gasteiger partial charge < -0.3 is 13.9 Å². The number of rotatable bonds is 9. The number of methoxy groups -OCH3 is 2. The first-order valence-corrected chi connectivity index (χ1v) is 12.3. The van der Waals surface area contributed by atoms with E-state index in [-0.39, 0.29) is 21.3 Å². The van der Waals surface area contributed by atoms with E-state index in [4.69, 9.17) is 25.5 Å². The maximum absolute atomic E-state index is 13.2. The molecule has 0 amide bonds. The van der Waals surface area contributed by atoms with Gasteiger partial charge in [0.15, 0.2) is 21.3 Å². The Kier molecular flexibility index (Phi) is 6.95. The molecule has 0 fully saturated rings. The molecule has 11 heteroatoms. The standard InChI is InChI=1S/C20H20ClNO7S2/c1-27-17-10-9-16(12-19(17)28-2)31(25,26)22-13-20(18-4-3-11-29-18)30(23,24)15-7-5-14(21)6-8-15/h3-12,20,22H,13H2,1-2H3. The second-order valence-corrected chi connectivity index (χ2v) is 10.7. The van der Waals surface area contributed by atoms with E-state index in [9.17, 15) is 16.8 Å². The van der Waals surface area contributed by atoms with Crippen molar-refractivity contribution < 1.29 is 30.7 Å². The fourth-order valence-electron chi connectivity index (χ4n) is 2.88. The van der Waals surface area contributed by atoms with Gasteiger partial charge in [-0.1, -0.05) is 11.6 Å². The molecule has 1 atom stereocenters. The van der Waals surface area contributed by atoms with Crippen LogP contribution in [0.2, 0.25) is 5.02 Å². The number of sulfonamides is 1. The summed E-state index contributed by atoms with van der Waals surface area (Å²) in [5.41, 5.74) is 0. The Morgan fingerprint density at radius 2 is 1.58 bits per heavy atom. The van der Waals surface area contributed by atoms with Gasteiger partial charge in [-0.2, -0.15) is 0 Å². The number of benzene rings is 2. The van der Waals surface area contributed by atoms with Crippen molar-refractivity contribution in [1.82, 2.24) is 4.72 Å². The summed E-state index contributed by atoms with van der Waals surface area (Å²) in [7, 11) is -5.25. The van der Waals surface area contributed by atoms with Gasteiger partial charge in [0.1, 0.15) is 11.0 Å². The minimum Gasteiger partial charge on any atom is -0.493 e. The number of hydrogen-bond acceptors (Lipinski definition) is 7. The van der Waals surface area contributed by atoms with E-state index in [2.05, 4.69) is 4.72 Å². The molecule has 0 saturated carbocycles. The zero-order valence-corrected chi connectivity index (χ0v) is 19.0. The molecule has 0 spiro atoms. The molecule has 166 valence electrons. The molecular weight excluding hydrogens is 466 g/mol. The molecule has 1 heterocycles. The van der Waals surface area contributed by atoms with E-state index in [0.717, 1.165) is 0 Å². The first kappa shape index (κ1) is 23.1. The van der Waals surface area contributed by atoms with E-state index in [1.54, 1.807) is 0 Å². The molecule has 0 aliphatic rings. The molecule has 2 aromatic carbocycles. The maximum atomic E-state index is 13.2. The molecule has 0 aliphatic heterocycles. The van der Waals surface area contributed by atoms with Gasteiger partial charge >= 0.3 is 0 Å². The van der Waals surface area contributed by atoms with E-state index in [1.807, 2.05) is 0 Å². The van der Waals surface area contributed by atoms with E-state index in [0.29, 0.717) is 10.8 Å². The first-order valence-electron chi connectivity index (χ1n) is 8.93. The van der Waals surface area contributed by atoms with Crippen LogP contribution in [0.25, 0.3) is 0 Å². The summed E-state index contributed by atoms with van der Waals surface area (Å²) in [4.78, 5) is -0.115. The number of nitrogens with one attached hydrogen (secondary N) is 1. The third-order valence-corrected chi connectivity index (χ3v) is 8.25. The van der Waals surface area contributed by atoms with Crippen molar-refractivity contribution in [2.75, 3.05) is 20.8 Å². The summed E-state index contributed by atoms with van der Waals surface area (Å²) >= 11 is 5.85. The molecule has 3 aromatic rings. The normalized spacial score (nSPS) is 13.0. The molecule has 31 heavy (non-hydrogen) atoms. The van der Waals surface area contributed by atoms with Crippen LogP contribution in [0.3, 0.4) is 0 Å². The predicted molar refractivity (Wildman–Crippen MR) is 115 cm³/mol. The number of ether oxygens (including phenoxy) is 2. The van der Waals surface area contributed by atoms with E-state index in [1.165, 1.54) is 75.1 Å². The smallest absolute Gasteiger partial charge is 0.240 e. The zero-order valence-electron chi connectivity index (χ0n) is 16.6. The minimum atomic E-state index is -4.07. The van der Waals surface area contributed by atoms with Crippen LogP contribution in [0.5, 0.6) is 11.5 Å². The Morgan fingerprint density at radius 1 is 0.935 bits per heavy atom. The van der Waals surface area contributed by atoms with Crippen LogP contribution in [-0.2, 0) is 19.9 Å². The quantitative estimate of drug-likeness (QED) is 0.494. The van der Waals surface area contributed by atoms with Crippen LogP contribution >= 0.6 is 11.6 Å². The van der Waals surface area contributed by atoms with Gasteiger partial charge in [-0.25, -0.2) is 21.6 Å². The average molecular weight is 486 g/mol. The summed E-state index contributed by atoms with van der Waals surface area (Å²) in [5.74, 6) is 0.687. The molecule has 0 bridgehead atoms. The van der Waals surface area contributed by atoms with Crippen molar-refractivity contribution in [1.29, 1.82) is 0 Å². The zero-order chi connectivity index (χ0) is 22.6. The molecule has 8 nitrogen and oxygen atoms in total. The van der Waals surface area contributed by atoms with Crippen LogP contribution in [-0.4, -0.2) is 37.6 Å². The largest absolute Gasteiger partial charge is 0.493 e. The van der Waals surface area contributed by atoms with Crippen molar-refractivity contribution in [3.8, 4) is 11.5 Å². The van der Waals surface area contributed by atoms with Crippen LogP contribution in [0.15, 0.2) is 75.1 Å². The summed E-state index contributed by atoms with van der Waals surface area (Å²) in [6, 6.07) is 12.7. The first-order chi connectivity index (χ1) is 14.7. The van der Waals surface area contributed by atoms with Gasteiger partial charge in [0.25, 0.3) is 0 Å². The fraction of sp³-hybridized carbons (Fsp3) is 0.200. The molecule has 1 N–H and O–H groups in total. The lowest BCUT2D eigenvalue weighted by atomic mass is 10.3. The van der Waals surface area contributed by atoms with Gasteiger partial charge in [-0.3, -0.25) is 0 Å². The SMILES string of the molecule is COc1ccc(S(=O)(=O)NCC(c2ccco2)S(=O)(=O)c2ccc(Cl)cc2)cc1OC. The number of furan rings is 1. The van der Waals surface area contributed by atoms with Crippen molar-refractivity contribution in [2.24, 2.45) is 0 Å². The van der Waals surface area contributed by atoms with Crippen molar-refractivity contribution in [3.63, 3.8) is 0 Å². The van der Waals surface area contributed by atoms with Crippen LogP contribution < -0.4 is 14.2 Å². The maximum Gasteiger partial charge on any atom is 0.240 e. The predicted octanol–water partition coefficient (Wildman–Crippen LogP) is 3.44. The summed E-state index contributed by atoms with van der Waals surface area (Å²) in [5, 5.41) is -0.916. The summed E-state index contributed by atoms with van der Waals surface area (Å²) in [6.45, 7) is -0.449. The van der Waals surface area contributed by atoms with Gasteiger partial charge in [0.2, 0.25) is 10.0 Å². The van der Waals surface area contributed by atoms with Gasteiger partial charge in [-0.05, 0) is 48.5 Å². The molecule has 3 rings (SSSR count). The number of hydrogen-bond donors (Lipinski definition) is 1. The van der Waals surface area contributed by atoms with Crippen molar-refractivity contribution >= 4 is 31.5 Å². The molecule has 0 radical (unpaired) electrons. The van der Waals surface area contributed by atoms with Gasteiger partial charge in [0.05, 0.1) is 30.3 Å². The van der Waals surface area contributed by atoms with Crippen LogP contribution in [0, 0.1) is 0 Å². The minimum absolute atomic E-state index is 0.0105. The lowest BCUT2D eigenvalue weighted by Crippen LogP contribution is -2.32. The van der Waals surface area contributed by atoms with E-state index >= 15 is 0 Å². The van der Waals surface area contributed by atoms with Crippen LogP contribution in [0.4, 0.5) is 0 Å². The highest BCUT2D eigenvalue weighted by molar-refractivity contribution is 7.92. The molecular formula is C20H20ClNO7S2. The third-order valence-electron chi connectivity index (χ3n) is 4.50. The number of halogens is 1. The van der Waals surface area contributed by atoms with Crippen molar-refractivity contribution in [2.45, 2.75) is 15.0 Å². The number of sulfone groups is 1. The highest BCUT2D eigenvalue weighted by atomic mass is 35.5. The van der Waals surface area contributed by atoms with Crippen LogP contribution in [0.1, 0.15) is 11.0 Å². The van der Waals surface area contributed by atoms with E-state index < -0.39 is 31.7 Å².